The van der Waals surface area contributed by atoms with Crippen LogP contribution in [0.5, 0.6) is 0 Å². The van der Waals surface area contributed by atoms with Crippen molar-refractivity contribution in [3.63, 3.8) is 0 Å². The number of anilines is 1. The summed E-state index contributed by atoms with van der Waals surface area (Å²) in [5.74, 6) is 0.637. The Kier molecular flexibility index (Phi) is 3.89. The monoisotopic (exact) mass is 354 g/mol. The van der Waals surface area contributed by atoms with Crippen molar-refractivity contribution >= 4 is 38.3 Å². The molecule has 0 aromatic carbocycles. The Morgan fingerprint density at radius 2 is 2.40 bits per heavy atom. The van der Waals surface area contributed by atoms with Gasteiger partial charge in [0.05, 0.1) is 12.1 Å². The average Bonchev–Trinajstić information content (AvgIpc) is 3.06. The van der Waals surface area contributed by atoms with Crippen LogP contribution in [0.15, 0.2) is 17.0 Å². The molecule has 0 bridgehead atoms. The van der Waals surface area contributed by atoms with E-state index in [1.807, 2.05) is 6.20 Å². The summed E-state index contributed by atoms with van der Waals surface area (Å²) in [6.45, 7) is 2.99. The molecule has 1 unspecified atom stereocenters. The molecule has 0 saturated carbocycles. The largest absolute Gasteiger partial charge is 0.322 e. The van der Waals surface area contributed by atoms with E-state index in [2.05, 4.69) is 42.7 Å². The van der Waals surface area contributed by atoms with Gasteiger partial charge in [0.2, 0.25) is 5.91 Å². The van der Waals surface area contributed by atoms with E-state index in [1.165, 1.54) is 16.2 Å². The molecule has 2 aromatic heterocycles. The van der Waals surface area contributed by atoms with Crippen molar-refractivity contribution in [3.8, 4) is 0 Å². The van der Waals surface area contributed by atoms with Crippen LogP contribution in [0.3, 0.4) is 0 Å². The molecule has 5 nitrogen and oxygen atoms in total. The van der Waals surface area contributed by atoms with Gasteiger partial charge >= 0.3 is 0 Å². The van der Waals surface area contributed by atoms with E-state index >= 15 is 0 Å². The van der Waals surface area contributed by atoms with Crippen molar-refractivity contribution < 1.29 is 4.79 Å². The zero-order valence-electron chi connectivity index (χ0n) is 11.1. The van der Waals surface area contributed by atoms with Gasteiger partial charge in [0.1, 0.15) is 10.4 Å². The lowest BCUT2D eigenvalue weighted by Crippen LogP contribution is -2.27. The van der Waals surface area contributed by atoms with Crippen LogP contribution in [0.2, 0.25) is 0 Å². The zero-order chi connectivity index (χ0) is 14.1. The SMILES string of the molecule is CCc1cnc(NC(=O)C2CCCn3c(Br)cnc32)s1. The number of thiazole rings is 1. The first-order chi connectivity index (χ1) is 9.69. The maximum absolute atomic E-state index is 12.4. The number of nitrogens with one attached hydrogen (secondary N) is 1. The molecule has 0 spiro atoms. The summed E-state index contributed by atoms with van der Waals surface area (Å²) >= 11 is 5.00. The van der Waals surface area contributed by atoms with Crippen LogP contribution in [0.25, 0.3) is 0 Å². The van der Waals surface area contributed by atoms with Crippen LogP contribution in [-0.4, -0.2) is 20.4 Å². The molecule has 0 saturated heterocycles. The van der Waals surface area contributed by atoms with Crippen LogP contribution in [0.1, 0.15) is 36.4 Å². The fourth-order valence-corrected chi connectivity index (χ4v) is 3.64. The topological polar surface area (TPSA) is 59.8 Å². The number of aromatic nitrogens is 3. The smallest absolute Gasteiger partial charge is 0.236 e. The highest BCUT2D eigenvalue weighted by Gasteiger charge is 2.29. The molecule has 0 aliphatic carbocycles. The van der Waals surface area contributed by atoms with Gasteiger partial charge in [0.25, 0.3) is 0 Å². The van der Waals surface area contributed by atoms with Crippen molar-refractivity contribution in [1.82, 2.24) is 14.5 Å². The molecule has 3 heterocycles. The molecule has 20 heavy (non-hydrogen) atoms. The van der Waals surface area contributed by atoms with Crippen molar-refractivity contribution in [2.24, 2.45) is 0 Å². The lowest BCUT2D eigenvalue weighted by Gasteiger charge is -2.22. The number of rotatable bonds is 3. The Morgan fingerprint density at radius 3 is 3.15 bits per heavy atom. The van der Waals surface area contributed by atoms with E-state index in [1.54, 1.807) is 6.20 Å². The molecule has 1 atom stereocenters. The highest BCUT2D eigenvalue weighted by molar-refractivity contribution is 9.10. The quantitative estimate of drug-likeness (QED) is 0.920. The lowest BCUT2D eigenvalue weighted by molar-refractivity contribution is -0.118. The van der Waals surface area contributed by atoms with Crippen LogP contribution in [0, 0.1) is 0 Å². The normalized spacial score (nSPS) is 17.8. The fraction of sp³-hybridized carbons (Fsp3) is 0.462. The summed E-state index contributed by atoms with van der Waals surface area (Å²) < 4.78 is 3.00. The first-order valence-corrected chi connectivity index (χ1v) is 8.26. The van der Waals surface area contributed by atoms with Gasteiger partial charge in [-0.2, -0.15) is 0 Å². The number of hydrogen-bond donors (Lipinski definition) is 1. The van der Waals surface area contributed by atoms with Crippen molar-refractivity contribution in [3.05, 3.63) is 27.7 Å². The minimum atomic E-state index is -0.191. The number of hydrogen-bond acceptors (Lipinski definition) is 4. The van der Waals surface area contributed by atoms with Gasteiger partial charge in [-0.1, -0.05) is 6.92 Å². The van der Waals surface area contributed by atoms with Gasteiger partial charge in [-0.15, -0.1) is 11.3 Å². The number of halogens is 1. The second kappa shape index (κ2) is 5.65. The van der Waals surface area contributed by atoms with Crippen LogP contribution in [-0.2, 0) is 17.8 Å². The molecule has 7 heteroatoms. The molecule has 3 rings (SSSR count). The maximum atomic E-state index is 12.4. The van der Waals surface area contributed by atoms with Crippen LogP contribution < -0.4 is 5.32 Å². The number of aryl methyl sites for hydroxylation is 1. The Balaban J connectivity index is 1.78. The van der Waals surface area contributed by atoms with E-state index in [4.69, 9.17) is 0 Å². The van der Waals surface area contributed by atoms with E-state index < -0.39 is 0 Å². The third kappa shape index (κ3) is 2.52. The molecule has 1 amide bonds. The third-order valence-corrected chi connectivity index (χ3v) is 5.16. The number of nitrogens with zero attached hydrogens (tertiary/aromatic N) is 3. The minimum Gasteiger partial charge on any atom is -0.322 e. The van der Waals surface area contributed by atoms with Crippen molar-refractivity contribution in [1.29, 1.82) is 0 Å². The molecule has 0 fully saturated rings. The predicted octanol–water partition coefficient (Wildman–Crippen LogP) is 3.18. The van der Waals surface area contributed by atoms with Gasteiger partial charge in [0, 0.05) is 17.6 Å². The minimum absolute atomic E-state index is 0.0129. The Hall–Kier alpha value is -1.21. The van der Waals surface area contributed by atoms with Gasteiger partial charge in [-0.3, -0.25) is 4.79 Å². The summed E-state index contributed by atoms with van der Waals surface area (Å²) in [6, 6.07) is 0. The summed E-state index contributed by atoms with van der Waals surface area (Å²) in [4.78, 5) is 22.2. The predicted molar refractivity (Wildman–Crippen MR) is 82.0 cm³/mol. The summed E-state index contributed by atoms with van der Waals surface area (Å²) in [5.41, 5.74) is 0. The van der Waals surface area contributed by atoms with Gasteiger partial charge in [0.15, 0.2) is 5.13 Å². The Labute approximate surface area is 129 Å². The maximum Gasteiger partial charge on any atom is 0.236 e. The van der Waals surface area contributed by atoms with Gasteiger partial charge < -0.3 is 9.88 Å². The Bertz CT molecular complexity index is 636. The number of amides is 1. The third-order valence-electron chi connectivity index (χ3n) is 3.47. The highest BCUT2D eigenvalue weighted by atomic mass is 79.9. The second-order valence-corrected chi connectivity index (χ2v) is 6.69. The number of carbonyl (C=O) groups excluding carboxylic acids is 1. The lowest BCUT2D eigenvalue weighted by atomic mass is 9.98. The fourth-order valence-electron chi connectivity index (χ4n) is 2.42. The second-order valence-electron chi connectivity index (χ2n) is 4.76. The standard InChI is InChI=1S/C13H15BrN4OS/c1-2-8-6-16-13(20-8)17-12(19)9-4-3-5-18-10(14)7-15-11(9)18/h6-7,9H,2-5H2,1H3,(H,16,17,19). The van der Waals surface area contributed by atoms with Gasteiger partial charge in [-0.05, 0) is 35.2 Å². The van der Waals surface area contributed by atoms with Crippen molar-refractivity contribution in [2.45, 2.75) is 38.6 Å². The molecule has 106 valence electrons. The zero-order valence-corrected chi connectivity index (χ0v) is 13.5. The summed E-state index contributed by atoms with van der Waals surface area (Å²) in [6.07, 6.45) is 6.34. The molecule has 2 aromatic rings. The number of carbonyl (C=O) groups is 1. The molecule has 1 aliphatic rings. The van der Waals surface area contributed by atoms with E-state index in [0.717, 1.165) is 36.2 Å². The molecule has 0 radical (unpaired) electrons. The first kappa shape index (κ1) is 13.8. The number of fused-ring (bicyclic) bond motifs is 1. The molecular weight excluding hydrogens is 340 g/mol. The van der Waals surface area contributed by atoms with Crippen LogP contribution >= 0.6 is 27.3 Å². The van der Waals surface area contributed by atoms with E-state index in [0.29, 0.717) is 5.13 Å². The first-order valence-electron chi connectivity index (χ1n) is 6.65. The summed E-state index contributed by atoms with van der Waals surface area (Å²) in [7, 11) is 0. The van der Waals surface area contributed by atoms with Crippen LogP contribution in [0.4, 0.5) is 5.13 Å². The van der Waals surface area contributed by atoms with E-state index in [-0.39, 0.29) is 11.8 Å². The number of imidazole rings is 1. The van der Waals surface area contributed by atoms with E-state index in [9.17, 15) is 4.79 Å². The Morgan fingerprint density at radius 1 is 1.55 bits per heavy atom. The highest BCUT2D eigenvalue weighted by Crippen LogP contribution is 2.31. The molecule has 1 aliphatic heterocycles. The molecule has 1 N–H and O–H groups in total. The van der Waals surface area contributed by atoms with Gasteiger partial charge in [-0.25, -0.2) is 9.97 Å². The average molecular weight is 355 g/mol. The molecular formula is C13H15BrN4OS. The van der Waals surface area contributed by atoms with Crippen molar-refractivity contribution in [2.75, 3.05) is 5.32 Å². The summed E-state index contributed by atoms with van der Waals surface area (Å²) in [5, 5.41) is 3.59.